The number of nitro groups is 1. The van der Waals surface area contributed by atoms with Crippen LogP contribution in [0.2, 0.25) is 0 Å². The van der Waals surface area contributed by atoms with E-state index in [9.17, 15) is 15.2 Å². The fraction of sp³-hybridized carbons (Fsp3) is 0.0909. The normalized spacial score (nSPS) is 11.6. The van der Waals surface area contributed by atoms with Gasteiger partial charge in [0.05, 0.1) is 11.0 Å². The van der Waals surface area contributed by atoms with Crippen LogP contribution in [0.3, 0.4) is 0 Å². The molecule has 0 bridgehead atoms. The summed E-state index contributed by atoms with van der Waals surface area (Å²) in [4.78, 5) is 11.0. The lowest BCUT2D eigenvalue weighted by molar-refractivity contribution is -0.385. The highest BCUT2D eigenvalue weighted by Crippen LogP contribution is 2.31. The molecule has 0 aliphatic rings. The minimum atomic E-state index is -0.625. The van der Waals surface area contributed by atoms with Crippen LogP contribution >= 0.6 is 23.7 Å². The van der Waals surface area contributed by atoms with Gasteiger partial charge >= 0.3 is 5.69 Å². The van der Waals surface area contributed by atoms with E-state index in [1.807, 2.05) is 17.5 Å². The van der Waals surface area contributed by atoms with Gasteiger partial charge in [0.1, 0.15) is 0 Å². The Balaban J connectivity index is 0.00000162. The average Bonchev–Trinajstić information content (AvgIpc) is 2.81. The molecule has 0 aliphatic carbocycles. The molecule has 2 rings (SSSR count). The first-order valence-corrected chi connectivity index (χ1v) is 5.74. The van der Waals surface area contributed by atoms with E-state index in [-0.39, 0.29) is 23.8 Å². The Kier molecular flexibility index (Phi) is 4.66. The SMILES string of the molecule is Cl.N[C@H](c1ccc(O)c([N+](=O)[O-])c1)c1cccs1. The number of aromatic hydroxyl groups is 1. The Labute approximate surface area is 113 Å². The molecule has 7 heteroatoms. The average molecular weight is 287 g/mol. The summed E-state index contributed by atoms with van der Waals surface area (Å²) in [5.74, 6) is -0.350. The van der Waals surface area contributed by atoms with Crippen molar-refractivity contribution in [1.82, 2.24) is 0 Å². The zero-order chi connectivity index (χ0) is 12.4. The number of nitrogens with two attached hydrogens (primary N) is 1. The smallest absolute Gasteiger partial charge is 0.311 e. The van der Waals surface area contributed by atoms with E-state index in [0.29, 0.717) is 5.56 Å². The Morgan fingerprint density at radius 3 is 2.67 bits per heavy atom. The maximum atomic E-state index is 10.7. The Morgan fingerprint density at radius 2 is 2.11 bits per heavy atom. The molecule has 0 aliphatic heterocycles. The van der Waals surface area contributed by atoms with Gasteiger partial charge in [0, 0.05) is 10.9 Å². The van der Waals surface area contributed by atoms with E-state index in [4.69, 9.17) is 5.73 Å². The number of nitro benzene ring substituents is 1. The van der Waals surface area contributed by atoms with Crippen molar-refractivity contribution in [3.05, 3.63) is 56.3 Å². The molecule has 0 saturated carbocycles. The summed E-state index contributed by atoms with van der Waals surface area (Å²) < 4.78 is 0. The Morgan fingerprint density at radius 1 is 1.39 bits per heavy atom. The van der Waals surface area contributed by atoms with Crippen molar-refractivity contribution in [2.24, 2.45) is 5.73 Å². The van der Waals surface area contributed by atoms with Crippen molar-refractivity contribution < 1.29 is 10.0 Å². The molecule has 0 fully saturated rings. The summed E-state index contributed by atoms with van der Waals surface area (Å²) in [5, 5.41) is 21.9. The number of nitrogens with zero attached hydrogens (tertiary/aromatic N) is 1. The van der Waals surface area contributed by atoms with Crippen LogP contribution in [0.5, 0.6) is 5.75 Å². The lowest BCUT2D eigenvalue weighted by Gasteiger charge is -2.09. The van der Waals surface area contributed by atoms with E-state index < -0.39 is 11.0 Å². The summed E-state index contributed by atoms with van der Waals surface area (Å²) in [6.45, 7) is 0. The molecule has 1 aromatic heterocycles. The largest absolute Gasteiger partial charge is 0.502 e. The lowest BCUT2D eigenvalue weighted by Crippen LogP contribution is -2.10. The maximum Gasteiger partial charge on any atom is 0.311 e. The fourth-order valence-corrected chi connectivity index (χ4v) is 2.27. The maximum absolute atomic E-state index is 10.7. The third-order valence-electron chi connectivity index (χ3n) is 2.40. The molecular formula is C11H11ClN2O3S. The first-order valence-electron chi connectivity index (χ1n) is 4.86. The van der Waals surface area contributed by atoms with Crippen LogP contribution in [-0.2, 0) is 0 Å². The number of hydrogen-bond donors (Lipinski definition) is 2. The van der Waals surface area contributed by atoms with Gasteiger partial charge in [-0.15, -0.1) is 23.7 Å². The molecule has 0 unspecified atom stereocenters. The summed E-state index contributed by atoms with van der Waals surface area (Å²) in [5.41, 5.74) is 6.27. The molecule has 0 amide bonds. The predicted octanol–water partition coefficient (Wildman–Crippen LogP) is 2.83. The third-order valence-corrected chi connectivity index (χ3v) is 3.36. The van der Waals surface area contributed by atoms with E-state index >= 15 is 0 Å². The highest BCUT2D eigenvalue weighted by Gasteiger charge is 2.17. The zero-order valence-corrected chi connectivity index (χ0v) is 10.8. The van der Waals surface area contributed by atoms with E-state index in [2.05, 4.69) is 0 Å². The number of phenolic OH excluding ortho intramolecular Hbond substituents is 1. The molecule has 1 aromatic carbocycles. The standard InChI is InChI=1S/C11H10N2O3S.ClH/c12-11(10-2-1-5-17-10)7-3-4-9(14)8(6-7)13(15)16;/h1-6,11,14H,12H2;1H/t11-;/m1./s1. The van der Waals surface area contributed by atoms with E-state index in [0.717, 1.165) is 4.88 Å². The van der Waals surface area contributed by atoms with Gasteiger partial charge in [0.2, 0.25) is 0 Å². The van der Waals surface area contributed by atoms with Crippen LogP contribution in [0.4, 0.5) is 5.69 Å². The first kappa shape index (κ1) is 14.4. The van der Waals surface area contributed by atoms with Gasteiger partial charge in [-0.2, -0.15) is 0 Å². The van der Waals surface area contributed by atoms with Crippen LogP contribution in [0.25, 0.3) is 0 Å². The van der Waals surface area contributed by atoms with Crippen LogP contribution in [-0.4, -0.2) is 10.0 Å². The van der Waals surface area contributed by atoms with Gasteiger partial charge in [-0.05, 0) is 23.1 Å². The van der Waals surface area contributed by atoms with Crippen molar-refractivity contribution in [2.45, 2.75) is 6.04 Å². The molecule has 96 valence electrons. The van der Waals surface area contributed by atoms with Crippen molar-refractivity contribution >= 4 is 29.4 Å². The Hall–Kier alpha value is -1.63. The molecular weight excluding hydrogens is 276 g/mol. The fourth-order valence-electron chi connectivity index (χ4n) is 1.51. The highest BCUT2D eigenvalue weighted by molar-refractivity contribution is 7.10. The molecule has 0 saturated heterocycles. The van der Waals surface area contributed by atoms with E-state index in [1.54, 1.807) is 6.07 Å². The van der Waals surface area contributed by atoms with Crippen LogP contribution in [0.15, 0.2) is 35.7 Å². The molecule has 1 atom stereocenters. The van der Waals surface area contributed by atoms with Gasteiger partial charge in [-0.25, -0.2) is 0 Å². The number of thiophene rings is 1. The minimum Gasteiger partial charge on any atom is -0.502 e. The zero-order valence-electron chi connectivity index (χ0n) is 9.15. The molecule has 1 heterocycles. The second kappa shape index (κ2) is 5.81. The number of halogens is 1. The number of phenols is 1. The molecule has 3 N–H and O–H groups in total. The molecule has 0 radical (unpaired) electrons. The van der Waals surface area contributed by atoms with Crippen LogP contribution < -0.4 is 5.73 Å². The van der Waals surface area contributed by atoms with Gasteiger partial charge in [-0.3, -0.25) is 10.1 Å². The van der Waals surface area contributed by atoms with Crippen molar-refractivity contribution in [3.63, 3.8) is 0 Å². The number of rotatable bonds is 3. The van der Waals surface area contributed by atoms with Crippen LogP contribution in [0.1, 0.15) is 16.5 Å². The molecule has 5 nitrogen and oxygen atoms in total. The number of benzene rings is 1. The lowest BCUT2D eigenvalue weighted by atomic mass is 10.1. The number of hydrogen-bond acceptors (Lipinski definition) is 5. The molecule has 2 aromatic rings. The molecule has 18 heavy (non-hydrogen) atoms. The quantitative estimate of drug-likeness (QED) is 0.670. The van der Waals surface area contributed by atoms with Crippen molar-refractivity contribution in [2.75, 3.05) is 0 Å². The van der Waals surface area contributed by atoms with Crippen molar-refractivity contribution in [1.29, 1.82) is 0 Å². The van der Waals surface area contributed by atoms with Gasteiger partial charge in [0.15, 0.2) is 5.75 Å². The minimum absolute atomic E-state index is 0. The monoisotopic (exact) mass is 286 g/mol. The third kappa shape index (κ3) is 2.79. The van der Waals surface area contributed by atoms with E-state index in [1.165, 1.54) is 23.5 Å². The van der Waals surface area contributed by atoms with Gasteiger partial charge in [0.25, 0.3) is 0 Å². The predicted molar refractivity (Wildman–Crippen MR) is 72.4 cm³/mol. The Bertz CT molecular complexity index is 545. The summed E-state index contributed by atoms with van der Waals surface area (Å²) in [6, 6.07) is 7.52. The summed E-state index contributed by atoms with van der Waals surface area (Å²) >= 11 is 1.49. The van der Waals surface area contributed by atoms with Gasteiger partial charge < -0.3 is 10.8 Å². The molecule has 0 spiro atoms. The van der Waals surface area contributed by atoms with Crippen molar-refractivity contribution in [3.8, 4) is 5.75 Å². The topological polar surface area (TPSA) is 89.4 Å². The second-order valence-electron chi connectivity index (χ2n) is 3.50. The second-order valence-corrected chi connectivity index (χ2v) is 4.48. The van der Waals surface area contributed by atoms with Crippen LogP contribution in [0, 0.1) is 10.1 Å². The van der Waals surface area contributed by atoms with Gasteiger partial charge in [-0.1, -0.05) is 12.1 Å². The summed E-state index contributed by atoms with van der Waals surface area (Å²) in [6.07, 6.45) is 0. The highest BCUT2D eigenvalue weighted by atomic mass is 35.5. The first-order chi connectivity index (χ1) is 8.09. The summed E-state index contributed by atoms with van der Waals surface area (Å²) in [7, 11) is 0.